The Hall–Kier alpha value is -2.70. The predicted molar refractivity (Wildman–Crippen MR) is 93.0 cm³/mol. The normalized spacial score (nSPS) is 20.2. The Morgan fingerprint density at radius 3 is 2.68 bits per heavy atom. The molecule has 0 spiro atoms. The van der Waals surface area contributed by atoms with Crippen LogP contribution in [0, 0.1) is 25.7 Å². The van der Waals surface area contributed by atoms with Gasteiger partial charge in [0.15, 0.2) is 5.82 Å². The maximum Gasteiger partial charge on any atom is 0.306 e. The summed E-state index contributed by atoms with van der Waals surface area (Å²) in [6, 6.07) is 5.68. The second kappa shape index (κ2) is 7.04. The molecule has 1 aromatic carbocycles. The highest BCUT2D eigenvalue weighted by Gasteiger charge is 2.31. The molecule has 7 nitrogen and oxygen atoms in total. The van der Waals surface area contributed by atoms with Crippen molar-refractivity contribution in [3.05, 3.63) is 29.6 Å². The lowest BCUT2D eigenvalue weighted by atomic mass is 9.81. The molecule has 2 unspecified atom stereocenters. The highest BCUT2D eigenvalue weighted by molar-refractivity contribution is 5.94. The number of rotatable bonds is 4. The smallest absolute Gasteiger partial charge is 0.306 e. The lowest BCUT2D eigenvalue weighted by Gasteiger charge is -2.26. The first kappa shape index (κ1) is 17.1. The highest BCUT2D eigenvalue weighted by Crippen LogP contribution is 2.31. The molecule has 0 radical (unpaired) electrons. The average molecular weight is 342 g/mol. The van der Waals surface area contributed by atoms with Crippen LogP contribution >= 0.6 is 0 Å². The van der Waals surface area contributed by atoms with E-state index in [0.717, 1.165) is 29.8 Å². The van der Waals surface area contributed by atoms with Gasteiger partial charge in [-0.15, -0.1) is 0 Å². The van der Waals surface area contributed by atoms with Crippen molar-refractivity contribution in [3.8, 4) is 11.4 Å². The van der Waals surface area contributed by atoms with Gasteiger partial charge in [0.25, 0.3) is 0 Å². The molecule has 1 aromatic heterocycles. The summed E-state index contributed by atoms with van der Waals surface area (Å²) in [7, 11) is 0. The summed E-state index contributed by atoms with van der Waals surface area (Å²) in [4.78, 5) is 28.1. The van der Waals surface area contributed by atoms with Gasteiger partial charge in [-0.05, 0) is 44.7 Å². The molecule has 3 N–H and O–H groups in total. The standard InChI is InChI=1S/C18H22N4O3/c1-10-6-7-12(16-19-11(2)21-22-16)9-15(10)20-17(23)13-4-3-5-14(8-13)18(24)25/h6-7,9,13-14H,3-5,8H2,1-2H3,(H,20,23)(H,24,25)(H,19,21,22). The lowest BCUT2D eigenvalue weighted by molar-refractivity contribution is -0.143. The number of H-pyrrole nitrogens is 1. The van der Waals surface area contributed by atoms with Gasteiger partial charge in [0.1, 0.15) is 5.82 Å². The van der Waals surface area contributed by atoms with Crippen molar-refractivity contribution in [2.24, 2.45) is 11.8 Å². The SMILES string of the molecule is Cc1nc(-c2ccc(C)c(NC(=O)C3CCCC(C(=O)O)C3)c2)n[nH]1. The quantitative estimate of drug-likeness (QED) is 0.792. The number of aliphatic carboxylic acids is 1. The fraction of sp³-hybridized carbons (Fsp3) is 0.444. The van der Waals surface area contributed by atoms with Crippen LogP contribution < -0.4 is 5.32 Å². The summed E-state index contributed by atoms with van der Waals surface area (Å²) >= 11 is 0. The van der Waals surface area contributed by atoms with Gasteiger partial charge in [0, 0.05) is 17.2 Å². The topological polar surface area (TPSA) is 108 Å². The minimum Gasteiger partial charge on any atom is -0.481 e. The number of benzene rings is 1. The number of carbonyl (C=O) groups is 2. The maximum atomic E-state index is 12.6. The first-order chi connectivity index (χ1) is 11.9. The zero-order chi connectivity index (χ0) is 18.0. The monoisotopic (exact) mass is 342 g/mol. The van der Waals surface area contributed by atoms with E-state index in [1.165, 1.54) is 0 Å². The molecule has 2 aromatic rings. The Morgan fingerprint density at radius 2 is 2.00 bits per heavy atom. The van der Waals surface area contributed by atoms with Crippen molar-refractivity contribution in [1.29, 1.82) is 0 Å². The number of aromatic nitrogens is 3. The first-order valence-corrected chi connectivity index (χ1v) is 8.47. The molecule has 0 bridgehead atoms. The van der Waals surface area contributed by atoms with Gasteiger partial charge in [-0.2, -0.15) is 5.10 Å². The van der Waals surface area contributed by atoms with Gasteiger partial charge >= 0.3 is 5.97 Å². The summed E-state index contributed by atoms with van der Waals surface area (Å²) in [5, 5.41) is 19.1. The van der Waals surface area contributed by atoms with E-state index in [1.807, 2.05) is 32.0 Å². The van der Waals surface area contributed by atoms with Crippen LogP contribution in [0.4, 0.5) is 5.69 Å². The number of nitrogens with one attached hydrogen (secondary N) is 2. The molecule has 1 amide bonds. The van der Waals surface area contributed by atoms with Crippen molar-refractivity contribution in [2.75, 3.05) is 5.32 Å². The number of carboxylic acid groups (broad SMARTS) is 1. The van der Waals surface area contributed by atoms with E-state index in [9.17, 15) is 14.7 Å². The second-order valence-corrected chi connectivity index (χ2v) is 6.66. The number of carbonyl (C=O) groups excluding carboxylic acids is 1. The van der Waals surface area contributed by atoms with Crippen molar-refractivity contribution >= 4 is 17.6 Å². The Kier molecular flexibility index (Phi) is 4.83. The fourth-order valence-electron chi connectivity index (χ4n) is 3.25. The largest absolute Gasteiger partial charge is 0.481 e. The van der Waals surface area contributed by atoms with E-state index in [-0.39, 0.29) is 11.8 Å². The van der Waals surface area contributed by atoms with Crippen LogP contribution in [-0.4, -0.2) is 32.2 Å². The van der Waals surface area contributed by atoms with Crippen molar-refractivity contribution in [2.45, 2.75) is 39.5 Å². The van der Waals surface area contributed by atoms with E-state index in [1.54, 1.807) is 0 Å². The molecule has 1 aliphatic carbocycles. The Morgan fingerprint density at radius 1 is 1.24 bits per heavy atom. The van der Waals surface area contributed by atoms with Crippen LogP contribution in [0.25, 0.3) is 11.4 Å². The molecule has 25 heavy (non-hydrogen) atoms. The summed E-state index contributed by atoms with van der Waals surface area (Å²) < 4.78 is 0. The molecule has 0 aliphatic heterocycles. The summed E-state index contributed by atoms with van der Waals surface area (Å²) in [6.45, 7) is 3.75. The van der Waals surface area contributed by atoms with Crippen LogP contribution in [0.3, 0.4) is 0 Å². The minimum absolute atomic E-state index is 0.114. The van der Waals surface area contributed by atoms with Crippen LogP contribution in [0.5, 0.6) is 0 Å². The van der Waals surface area contributed by atoms with Crippen molar-refractivity contribution in [1.82, 2.24) is 15.2 Å². The van der Waals surface area contributed by atoms with Crippen LogP contribution in [-0.2, 0) is 9.59 Å². The average Bonchev–Trinajstić information content (AvgIpc) is 3.03. The highest BCUT2D eigenvalue weighted by atomic mass is 16.4. The number of amides is 1. The molecule has 2 atom stereocenters. The minimum atomic E-state index is -0.810. The third-order valence-electron chi connectivity index (χ3n) is 4.75. The van der Waals surface area contributed by atoms with Gasteiger partial charge in [-0.1, -0.05) is 18.6 Å². The van der Waals surface area contributed by atoms with Crippen molar-refractivity contribution < 1.29 is 14.7 Å². The summed E-state index contributed by atoms with van der Waals surface area (Å²) in [5.41, 5.74) is 2.47. The van der Waals surface area contributed by atoms with Crippen LogP contribution in [0.2, 0.25) is 0 Å². The summed E-state index contributed by atoms with van der Waals surface area (Å²) in [5.74, 6) is -0.301. The van der Waals surface area contributed by atoms with E-state index in [2.05, 4.69) is 20.5 Å². The van der Waals surface area contributed by atoms with E-state index >= 15 is 0 Å². The molecule has 1 fully saturated rings. The molecule has 1 aliphatic rings. The second-order valence-electron chi connectivity index (χ2n) is 6.66. The Labute approximate surface area is 145 Å². The van der Waals surface area contributed by atoms with Gasteiger partial charge in [-0.25, -0.2) is 4.98 Å². The molecule has 1 saturated carbocycles. The zero-order valence-electron chi connectivity index (χ0n) is 14.4. The fourth-order valence-corrected chi connectivity index (χ4v) is 3.25. The zero-order valence-corrected chi connectivity index (χ0v) is 14.4. The number of anilines is 1. The number of nitrogens with zero attached hydrogens (tertiary/aromatic N) is 2. The van der Waals surface area contributed by atoms with Crippen molar-refractivity contribution in [3.63, 3.8) is 0 Å². The summed E-state index contributed by atoms with van der Waals surface area (Å²) in [6.07, 6.45) is 2.55. The van der Waals surface area contributed by atoms with E-state index in [4.69, 9.17) is 0 Å². The number of hydrogen-bond donors (Lipinski definition) is 3. The predicted octanol–water partition coefficient (Wildman–Crippen LogP) is 2.92. The lowest BCUT2D eigenvalue weighted by Crippen LogP contribution is -2.31. The van der Waals surface area contributed by atoms with Gasteiger partial charge < -0.3 is 10.4 Å². The molecule has 7 heteroatoms. The first-order valence-electron chi connectivity index (χ1n) is 8.47. The number of hydrogen-bond acceptors (Lipinski definition) is 4. The molecule has 132 valence electrons. The van der Waals surface area contributed by atoms with Gasteiger partial charge in [0.05, 0.1) is 5.92 Å². The van der Waals surface area contributed by atoms with Gasteiger partial charge in [-0.3, -0.25) is 14.7 Å². The third-order valence-corrected chi connectivity index (χ3v) is 4.75. The number of carboxylic acids is 1. The number of aromatic amines is 1. The van der Waals surface area contributed by atoms with E-state index in [0.29, 0.717) is 24.4 Å². The Balaban J connectivity index is 1.75. The Bertz CT molecular complexity index is 799. The van der Waals surface area contributed by atoms with Gasteiger partial charge in [0.2, 0.25) is 5.91 Å². The van der Waals surface area contributed by atoms with E-state index < -0.39 is 11.9 Å². The molecule has 1 heterocycles. The van der Waals surface area contributed by atoms with Crippen LogP contribution in [0.1, 0.15) is 37.1 Å². The third kappa shape index (κ3) is 3.87. The number of aryl methyl sites for hydroxylation is 2. The molecular weight excluding hydrogens is 320 g/mol. The molecular formula is C18H22N4O3. The molecule has 0 saturated heterocycles. The maximum absolute atomic E-state index is 12.6. The van der Waals surface area contributed by atoms with Crippen LogP contribution in [0.15, 0.2) is 18.2 Å². The molecule has 3 rings (SSSR count).